The molecular weight excluding hydrogens is 224 g/mol. The Kier molecular flexibility index (Phi) is 2.82. The lowest BCUT2D eigenvalue weighted by Gasteiger charge is -2.01. The van der Waals surface area contributed by atoms with E-state index in [4.69, 9.17) is 14.3 Å². The van der Waals surface area contributed by atoms with Gasteiger partial charge < -0.3 is 14.3 Å². The van der Waals surface area contributed by atoms with Gasteiger partial charge >= 0.3 is 5.97 Å². The zero-order valence-electron chi connectivity index (χ0n) is 9.10. The zero-order chi connectivity index (χ0) is 12.4. The molecule has 2 aromatic rings. The van der Waals surface area contributed by atoms with Crippen LogP contribution in [-0.4, -0.2) is 23.5 Å². The first-order valence-corrected chi connectivity index (χ1v) is 4.96. The number of hydrogen-bond acceptors (Lipinski definition) is 4. The van der Waals surface area contributed by atoms with Gasteiger partial charge in [0.2, 0.25) is 0 Å². The number of para-hydroxylation sites is 1. The Labute approximate surface area is 96.6 Å². The fourth-order valence-electron chi connectivity index (χ4n) is 1.48. The number of hydrogen-bond donors (Lipinski definition) is 1. The van der Waals surface area contributed by atoms with Crippen LogP contribution in [0.25, 0.3) is 11.0 Å². The lowest BCUT2D eigenvalue weighted by molar-refractivity contribution is -0.118. The molecule has 0 spiro atoms. The highest BCUT2D eigenvalue weighted by molar-refractivity contribution is 5.98. The maximum Gasteiger partial charge on any atom is 0.375 e. The quantitative estimate of drug-likeness (QED) is 0.876. The molecule has 0 saturated carbocycles. The molecule has 5 heteroatoms. The van der Waals surface area contributed by atoms with E-state index in [2.05, 4.69) is 0 Å². The Bertz CT molecular complexity index is 582. The molecule has 0 aliphatic carbocycles. The molecule has 1 N–H and O–H groups in total. The summed E-state index contributed by atoms with van der Waals surface area (Å²) in [6, 6.07) is 6.79. The molecule has 1 aromatic carbocycles. The highest BCUT2D eigenvalue weighted by atomic mass is 16.5. The highest BCUT2D eigenvalue weighted by Crippen LogP contribution is 2.32. The Morgan fingerprint density at radius 1 is 1.35 bits per heavy atom. The van der Waals surface area contributed by atoms with E-state index in [0.717, 1.165) is 0 Å². The molecule has 0 aliphatic rings. The predicted octanol–water partition coefficient (Wildman–Crippen LogP) is 2.10. The predicted molar refractivity (Wildman–Crippen MR) is 59.3 cm³/mol. The number of carboxylic acid groups (broad SMARTS) is 1. The van der Waals surface area contributed by atoms with Crippen molar-refractivity contribution in [1.29, 1.82) is 0 Å². The first kappa shape index (κ1) is 11.2. The number of fused-ring (bicyclic) bond motifs is 1. The Morgan fingerprint density at radius 2 is 2.06 bits per heavy atom. The second-order valence-corrected chi connectivity index (χ2v) is 3.55. The number of carbonyl (C=O) groups excluding carboxylic acids is 1. The maximum atomic E-state index is 11.0. The van der Waals surface area contributed by atoms with Crippen LogP contribution in [0.15, 0.2) is 28.7 Å². The standard InChI is InChI=1S/C12H10O5/c1-7(13)6-16-10-8-4-2-3-5-9(8)17-11(10)12(14)15/h2-5H,6H2,1H3,(H,14,15). The summed E-state index contributed by atoms with van der Waals surface area (Å²) in [5, 5.41) is 9.52. The van der Waals surface area contributed by atoms with Crippen LogP contribution in [0.1, 0.15) is 17.5 Å². The molecule has 0 bridgehead atoms. The Balaban J connectivity index is 2.51. The molecule has 17 heavy (non-hydrogen) atoms. The average molecular weight is 234 g/mol. The van der Waals surface area contributed by atoms with Gasteiger partial charge in [0.1, 0.15) is 12.2 Å². The van der Waals surface area contributed by atoms with Gasteiger partial charge in [0.05, 0.1) is 5.39 Å². The second-order valence-electron chi connectivity index (χ2n) is 3.55. The topological polar surface area (TPSA) is 76.7 Å². The highest BCUT2D eigenvalue weighted by Gasteiger charge is 2.21. The fourth-order valence-corrected chi connectivity index (χ4v) is 1.48. The molecular formula is C12H10O5. The molecule has 0 radical (unpaired) electrons. The van der Waals surface area contributed by atoms with Gasteiger partial charge in [-0.2, -0.15) is 0 Å². The third kappa shape index (κ3) is 2.13. The SMILES string of the molecule is CC(=O)COc1c(C(=O)O)oc2ccccc12. The van der Waals surface area contributed by atoms with E-state index in [1.165, 1.54) is 6.92 Å². The summed E-state index contributed by atoms with van der Waals surface area (Å²) in [4.78, 5) is 21.8. The van der Waals surface area contributed by atoms with Crippen LogP contribution in [-0.2, 0) is 4.79 Å². The Hall–Kier alpha value is -2.30. The van der Waals surface area contributed by atoms with Gasteiger partial charge in [0.25, 0.3) is 5.76 Å². The van der Waals surface area contributed by atoms with E-state index in [1.807, 2.05) is 0 Å². The van der Waals surface area contributed by atoms with Crippen LogP contribution in [0.3, 0.4) is 0 Å². The van der Waals surface area contributed by atoms with E-state index < -0.39 is 5.97 Å². The number of Topliss-reactive ketones (excluding diaryl/α,β-unsaturated/α-hetero) is 1. The van der Waals surface area contributed by atoms with Gasteiger partial charge in [-0.05, 0) is 19.1 Å². The van der Waals surface area contributed by atoms with E-state index in [9.17, 15) is 9.59 Å². The number of ketones is 1. The lowest BCUT2D eigenvalue weighted by atomic mass is 10.2. The van der Waals surface area contributed by atoms with Crippen molar-refractivity contribution < 1.29 is 23.8 Å². The summed E-state index contributed by atoms with van der Waals surface area (Å²) >= 11 is 0. The average Bonchev–Trinajstić information content (AvgIpc) is 2.65. The molecule has 0 aliphatic heterocycles. The van der Waals surface area contributed by atoms with Crippen molar-refractivity contribution in [3.63, 3.8) is 0 Å². The summed E-state index contributed by atoms with van der Waals surface area (Å²) in [6.45, 7) is 1.19. The van der Waals surface area contributed by atoms with Crippen molar-refractivity contribution in [1.82, 2.24) is 0 Å². The molecule has 0 saturated heterocycles. The van der Waals surface area contributed by atoms with Crippen molar-refractivity contribution in [2.75, 3.05) is 6.61 Å². The molecule has 1 aromatic heterocycles. The number of aromatic carboxylic acids is 1. The second kappa shape index (κ2) is 4.29. The van der Waals surface area contributed by atoms with Gasteiger partial charge in [-0.3, -0.25) is 4.79 Å². The molecule has 0 unspecified atom stereocenters. The molecule has 2 rings (SSSR count). The van der Waals surface area contributed by atoms with Crippen molar-refractivity contribution in [2.45, 2.75) is 6.92 Å². The van der Waals surface area contributed by atoms with E-state index in [0.29, 0.717) is 11.0 Å². The van der Waals surface area contributed by atoms with Crippen molar-refractivity contribution >= 4 is 22.7 Å². The summed E-state index contributed by atoms with van der Waals surface area (Å²) in [7, 11) is 0. The summed E-state index contributed by atoms with van der Waals surface area (Å²) in [5.74, 6) is -1.60. The van der Waals surface area contributed by atoms with Crippen LogP contribution in [0.5, 0.6) is 5.75 Å². The third-order valence-electron chi connectivity index (χ3n) is 2.16. The van der Waals surface area contributed by atoms with Gasteiger partial charge in [-0.1, -0.05) is 12.1 Å². The minimum atomic E-state index is -1.22. The first-order chi connectivity index (χ1) is 8.09. The van der Waals surface area contributed by atoms with Crippen LogP contribution in [0.4, 0.5) is 0 Å². The van der Waals surface area contributed by atoms with Crippen LogP contribution in [0.2, 0.25) is 0 Å². The largest absolute Gasteiger partial charge is 0.481 e. The third-order valence-corrected chi connectivity index (χ3v) is 2.16. The zero-order valence-corrected chi connectivity index (χ0v) is 9.10. The van der Waals surface area contributed by atoms with Crippen molar-refractivity contribution in [3.05, 3.63) is 30.0 Å². The Morgan fingerprint density at radius 3 is 2.71 bits per heavy atom. The smallest absolute Gasteiger partial charge is 0.375 e. The number of rotatable bonds is 4. The number of benzene rings is 1. The molecule has 0 atom stereocenters. The summed E-state index contributed by atoms with van der Waals surface area (Å²) < 4.78 is 10.3. The number of carboxylic acids is 1. The number of carbonyl (C=O) groups is 2. The van der Waals surface area contributed by atoms with Crippen molar-refractivity contribution in [3.8, 4) is 5.75 Å². The van der Waals surface area contributed by atoms with Gasteiger partial charge in [0.15, 0.2) is 11.5 Å². The summed E-state index contributed by atoms with van der Waals surface area (Å²) in [6.07, 6.45) is 0. The van der Waals surface area contributed by atoms with E-state index >= 15 is 0 Å². The monoisotopic (exact) mass is 234 g/mol. The van der Waals surface area contributed by atoms with Crippen LogP contribution >= 0.6 is 0 Å². The summed E-state index contributed by atoms with van der Waals surface area (Å²) in [5.41, 5.74) is 0.420. The minimum absolute atomic E-state index is 0.100. The molecule has 1 heterocycles. The first-order valence-electron chi connectivity index (χ1n) is 4.96. The normalized spacial score (nSPS) is 10.4. The minimum Gasteiger partial charge on any atom is -0.481 e. The lowest BCUT2D eigenvalue weighted by Crippen LogP contribution is -2.08. The van der Waals surface area contributed by atoms with E-state index in [-0.39, 0.29) is 23.9 Å². The molecule has 0 fully saturated rings. The van der Waals surface area contributed by atoms with Crippen LogP contribution in [0, 0.1) is 0 Å². The molecule has 0 amide bonds. The molecule has 5 nitrogen and oxygen atoms in total. The van der Waals surface area contributed by atoms with Crippen molar-refractivity contribution in [2.24, 2.45) is 0 Å². The number of furan rings is 1. The van der Waals surface area contributed by atoms with Gasteiger partial charge in [-0.25, -0.2) is 4.79 Å². The fraction of sp³-hybridized carbons (Fsp3) is 0.167. The molecule has 88 valence electrons. The number of ether oxygens (including phenoxy) is 1. The van der Waals surface area contributed by atoms with Crippen LogP contribution < -0.4 is 4.74 Å². The van der Waals surface area contributed by atoms with Gasteiger partial charge in [-0.15, -0.1) is 0 Å². The maximum absolute atomic E-state index is 11.0. The van der Waals surface area contributed by atoms with Gasteiger partial charge in [0, 0.05) is 0 Å². The van der Waals surface area contributed by atoms with E-state index in [1.54, 1.807) is 24.3 Å².